The highest BCUT2D eigenvalue weighted by atomic mass is 32.2. The van der Waals surface area contributed by atoms with Crippen LogP contribution in [0.2, 0.25) is 0 Å². The molecule has 0 aliphatic carbocycles. The number of benzene rings is 2. The molecular weight excluding hydrogens is 297 g/mol. The van der Waals surface area contributed by atoms with Crippen molar-refractivity contribution in [3.63, 3.8) is 0 Å². The van der Waals surface area contributed by atoms with Crippen LogP contribution in [-0.2, 0) is 23.8 Å². The number of halogens is 1. The van der Waals surface area contributed by atoms with E-state index in [9.17, 15) is 8.60 Å². The van der Waals surface area contributed by atoms with Crippen molar-refractivity contribution < 1.29 is 8.60 Å². The quantitative estimate of drug-likeness (QED) is 0.843. The molecule has 1 N–H and O–H groups in total. The zero-order valence-corrected chi connectivity index (χ0v) is 13.8. The van der Waals surface area contributed by atoms with Gasteiger partial charge in [-0.25, -0.2) is 4.39 Å². The summed E-state index contributed by atoms with van der Waals surface area (Å²) in [4.78, 5) is 0.850. The Labute approximate surface area is 134 Å². The lowest BCUT2D eigenvalue weighted by Gasteiger charge is -2.14. The average molecular weight is 319 g/mol. The summed E-state index contributed by atoms with van der Waals surface area (Å²) in [6.07, 6.45) is 3.50. The van der Waals surface area contributed by atoms with Crippen LogP contribution < -0.4 is 5.32 Å². The van der Waals surface area contributed by atoms with Gasteiger partial charge in [0.05, 0.1) is 0 Å². The zero-order valence-electron chi connectivity index (χ0n) is 13.0. The van der Waals surface area contributed by atoms with Crippen LogP contribution in [0.15, 0.2) is 53.4 Å². The van der Waals surface area contributed by atoms with Gasteiger partial charge in [-0.3, -0.25) is 4.21 Å². The first-order valence-electron chi connectivity index (χ1n) is 7.45. The highest BCUT2D eigenvalue weighted by molar-refractivity contribution is 7.84. The van der Waals surface area contributed by atoms with Crippen molar-refractivity contribution >= 4 is 10.8 Å². The molecule has 0 unspecified atom stereocenters. The number of hydrogen-bond donors (Lipinski definition) is 1. The Balaban J connectivity index is 1.77. The Morgan fingerprint density at radius 3 is 2.50 bits per heavy atom. The molecule has 0 fully saturated rings. The molecule has 2 aromatic rings. The molecule has 22 heavy (non-hydrogen) atoms. The minimum atomic E-state index is -0.927. The van der Waals surface area contributed by atoms with Gasteiger partial charge in [0.25, 0.3) is 0 Å². The van der Waals surface area contributed by atoms with Crippen LogP contribution in [0.3, 0.4) is 0 Å². The van der Waals surface area contributed by atoms with Crippen LogP contribution in [0, 0.1) is 5.82 Å². The van der Waals surface area contributed by atoms with Crippen molar-refractivity contribution in [3.05, 3.63) is 65.5 Å². The molecule has 2 aromatic carbocycles. The molecule has 4 heteroatoms. The summed E-state index contributed by atoms with van der Waals surface area (Å²) in [6.45, 7) is 2.91. The molecule has 2 rings (SSSR count). The van der Waals surface area contributed by atoms with E-state index in [2.05, 4.69) is 12.2 Å². The molecule has 118 valence electrons. The molecule has 2 atom stereocenters. The van der Waals surface area contributed by atoms with Crippen LogP contribution in [0.25, 0.3) is 0 Å². The van der Waals surface area contributed by atoms with Gasteiger partial charge in [0, 0.05) is 34.5 Å². The van der Waals surface area contributed by atoms with E-state index in [1.165, 1.54) is 11.6 Å². The molecule has 0 radical (unpaired) electrons. The topological polar surface area (TPSA) is 29.1 Å². The number of rotatable bonds is 7. The first kappa shape index (κ1) is 16.8. The van der Waals surface area contributed by atoms with Gasteiger partial charge in [-0.1, -0.05) is 24.3 Å². The standard InChI is InChI=1S/C18H22FNOS/c1-14(6-7-15-4-3-5-17(19)12-15)20-13-16-8-10-18(11-9-16)22(2)21/h3-5,8-12,14,20H,6-7,13H2,1-2H3/t14-,22-/m1/s1. The van der Waals surface area contributed by atoms with Crippen molar-refractivity contribution in [2.45, 2.75) is 37.2 Å². The number of hydrogen-bond acceptors (Lipinski definition) is 2. The highest BCUT2D eigenvalue weighted by Crippen LogP contribution is 2.10. The molecule has 0 amide bonds. The lowest BCUT2D eigenvalue weighted by atomic mass is 10.1. The van der Waals surface area contributed by atoms with Gasteiger partial charge < -0.3 is 5.32 Å². The Morgan fingerprint density at radius 1 is 1.14 bits per heavy atom. The maximum absolute atomic E-state index is 13.1. The third-order valence-corrected chi connectivity index (χ3v) is 4.60. The fraction of sp³-hybridized carbons (Fsp3) is 0.333. The highest BCUT2D eigenvalue weighted by Gasteiger charge is 2.04. The molecule has 0 aliphatic heterocycles. The Morgan fingerprint density at radius 2 is 1.86 bits per heavy atom. The van der Waals surface area contributed by atoms with E-state index in [1.54, 1.807) is 18.4 Å². The molecule has 0 spiro atoms. The third kappa shape index (κ3) is 5.35. The van der Waals surface area contributed by atoms with Crippen molar-refractivity contribution in [3.8, 4) is 0 Å². The van der Waals surface area contributed by atoms with Crippen LogP contribution in [0.5, 0.6) is 0 Å². The summed E-state index contributed by atoms with van der Waals surface area (Å²) in [5, 5.41) is 3.46. The third-order valence-electron chi connectivity index (χ3n) is 3.66. The fourth-order valence-electron chi connectivity index (χ4n) is 2.27. The lowest BCUT2D eigenvalue weighted by molar-refractivity contribution is 0.513. The van der Waals surface area contributed by atoms with E-state index in [0.717, 1.165) is 29.8 Å². The largest absolute Gasteiger partial charge is 0.310 e. The van der Waals surface area contributed by atoms with Gasteiger partial charge in [-0.2, -0.15) is 0 Å². The molecule has 0 aromatic heterocycles. The molecule has 0 aliphatic rings. The summed E-state index contributed by atoms with van der Waals surface area (Å²) in [5.41, 5.74) is 2.20. The zero-order chi connectivity index (χ0) is 15.9. The first-order valence-corrected chi connectivity index (χ1v) is 9.00. The Kier molecular flexibility index (Phi) is 6.28. The van der Waals surface area contributed by atoms with Gasteiger partial charge in [0.15, 0.2) is 0 Å². The van der Waals surface area contributed by atoms with Crippen LogP contribution in [-0.4, -0.2) is 16.5 Å². The smallest absolute Gasteiger partial charge is 0.123 e. The Bertz CT molecular complexity index is 627. The number of aryl methyl sites for hydroxylation is 1. The van der Waals surface area contributed by atoms with Crippen LogP contribution in [0.1, 0.15) is 24.5 Å². The average Bonchev–Trinajstić information content (AvgIpc) is 2.51. The van der Waals surface area contributed by atoms with Crippen LogP contribution in [0.4, 0.5) is 4.39 Å². The van der Waals surface area contributed by atoms with Gasteiger partial charge in [-0.15, -0.1) is 0 Å². The second-order valence-electron chi connectivity index (χ2n) is 5.55. The van der Waals surface area contributed by atoms with Gasteiger partial charge in [0.2, 0.25) is 0 Å². The van der Waals surface area contributed by atoms with Crippen molar-refractivity contribution in [1.29, 1.82) is 0 Å². The first-order chi connectivity index (χ1) is 10.5. The maximum atomic E-state index is 13.1. The van der Waals surface area contributed by atoms with E-state index < -0.39 is 10.8 Å². The monoisotopic (exact) mass is 319 g/mol. The van der Waals surface area contributed by atoms with Crippen molar-refractivity contribution in [2.24, 2.45) is 0 Å². The summed E-state index contributed by atoms with van der Waals surface area (Å²) >= 11 is 0. The van der Waals surface area contributed by atoms with E-state index in [0.29, 0.717) is 6.04 Å². The van der Waals surface area contributed by atoms with E-state index in [4.69, 9.17) is 0 Å². The summed E-state index contributed by atoms with van der Waals surface area (Å²) in [7, 11) is -0.927. The van der Waals surface area contributed by atoms with E-state index in [-0.39, 0.29) is 5.82 Å². The molecule has 0 bridgehead atoms. The van der Waals surface area contributed by atoms with Gasteiger partial charge in [-0.05, 0) is 55.2 Å². The van der Waals surface area contributed by atoms with Crippen molar-refractivity contribution in [2.75, 3.05) is 6.26 Å². The van der Waals surface area contributed by atoms with E-state index in [1.807, 2.05) is 30.3 Å². The molecular formula is C18H22FNOS. The molecule has 2 nitrogen and oxygen atoms in total. The minimum Gasteiger partial charge on any atom is -0.310 e. The molecule has 0 heterocycles. The molecule has 0 saturated heterocycles. The van der Waals surface area contributed by atoms with E-state index >= 15 is 0 Å². The summed E-state index contributed by atoms with van der Waals surface area (Å²) in [6, 6.07) is 14.9. The fourth-order valence-corrected chi connectivity index (χ4v) is 2.79. The van der Waals surface area contributed by atoms with Crippen LogP contribution >= 0.6 is 0 Å². The van der Waals surface area contributed by atoms with Gasteiger partial charge >= 0.3 is 0 Å². The number of nitrogens with one attached hydrogen (secondary N) is 1. The lowest BCUT2D eigenvalue weighted by Crippen LogP contribution is -2.25. The SMILES string of the molecule is C[C@H](CCc1cccc(F)c1)NCc1ccc([S@@](C)=O)cc1. The second kappa shape index (κ2) is 8.20. The molecule has 0 saturated carbocycles. The minimum absolute atomic E-state index is 0.175. The Hall–Kier alpha value is -1.52. The van der Waals surface area contributed by atoms with Crippen molar-refractivity contribution in [1.82, 2.24) is 5.32 Å². The summed E-state index contributed by atoms with van der Waals surface area (Å²) < 4.78 is 24.4. The maximum Gasteiger partial charge on any atom is 0.123 e. The predicted octanol–water partition coefficient (Wildman–Crippen LogP) is 3.67. The van der Waals surface area contributed by atoms with Gasteiger partial charge in [0.1, 0.15) is 5.82 Å². The second-order valence-corrected chi connectivity index (χ2v) is 6.93. The normalized spacial score (nSPS) is 13.8. The predicted molar refractivity (Wildman–Crippen MR) is 89.8 cm³/mol. The summed E-state index contributed by atoms with van der Waals surface area (Å²) in [5.74, 6) is -0.175.